The summed E-state index contributed by atoms with van der Waals surface area (Å²) in [6.07, 6.45) is 0. The Labute approximate surface area is 249 Å². The van der Waals surface area contributed by atoms with Crippen molar-refractivity contribution >= 4 is 159 Å². The van der Waals surface area contributed by atoms with E-state index in [1.165, 1.54) is 0 Å². The summed E-state index contributed by atoms with van der Waals surface area (Å²) in [6.45, 7) is 0. The van der Waals surface area contributed by atoms with Gasteiger partial charge in [-0.25, -0.2) is 29.9 Å². The van der Waals surface area contributed by atoms with Crippen LogP contribution in [-0.4, -0.2) is 29.9 Å². The van der Waals surface area contributed by atoms with Crippen LogP contribution in [0, 0.1) is 10.7 Å². The van der Waals surface area contributed by atoms with Gasteiger partial charge in [-0.05, 0) is 0 Å². The number of aromatic nitrogens is 6. The molecule has 6 aromatic rings. The highest BCUT2D eigenvalue weighted by Crippen LogP contribution is 2.45. The summed E-state index contributed by atoms with van der Waals surface area (Å²) in [7, 11) is 0. The summed E-state index contributed by atoms with van der Waals surface area (Å²) in [4.78, 5) is 25.6. The summed E-state index contributed by atoms with van der Waals surface area (Å²) >= 11 is 64.5. The van der Waals surface area contributed by atoms with Gasteiger partial charge in [-0.2, -0.15) is 0 Å². The van der Waals surface area contributed by atoms with Crippen molar-refractivity contribution in [2.24, 2.45) is 0 Å². The van der Waals surface area contributed by atoms with Gasteiger partial charge in [-0.3, -0.25) is 0 Å². The number of hydrogen-bond donors (Lipinski definition) is 0. The maximum Gasteiger partial charge on any atom is 0.141 e. The van der Waals surface area contributed by atoms with E-state index in [0.29, 0.717) is 10.8 Å². The molecule has 0 aliphatic carbocycles. The molecule has 0 radical (unpaired) electrons. The third-order valence-corrected chi connectivity index (χ3v) is 8.20. The van der Waals surface area contributed by atoms with Gasteiger partial charge in [-0.15, -0.1) is 0 Å². The first kappa shape index (κ1) is 25.4. The Hall–Kier alpha value is -0.900. The molecule has 0 aromatic carbocycles. The molecule has 0 atom stereocenters. The highest BCUT2D eigenvalue weighted by molar-refractivity contribution is 6.51. The Bertz CT molecular complexity index is 1850. The number of hydrogen-bond acceptors (Lipinski definition) is 6. The minimum absolute atomic E-state index is 0.0152. The predicted molar refractivity (Wildman–Crippen MR) is 149 cm³/mol. The van der Waals surface area contributed by atoms with Crippen LogP contribution >= 0.6 is 116 Å². The Morgan fingerprint density at radius 2 is 0.417 bits per heavy atom. The molecule has 6 aromatic heterocycles. The maximum absolute atomic E-state index is 6.58. The highest BCUT2D eigenvalue weighted by Gasteiger charge is 2.25. The molecule has 6 heterocycles. The van der Waals surface area contributed by atoms with E-state index in [0.717, 1.165) is 0 Å². The molecule has 0 amide bonds. The molecule has 180 valence electrons. The number of nitrogens with zero attached hydrogens (tertiary/aromatic N) is 6. The number of pyridine rings is 6. The van der Waals surface area contributed by atoms with Crippen LogP contribution in [0.5, 0.6) is 0 Å². The Balaban J connectivity index is 2.09. The zero-order valence-corrected chi connectivity index (χ0v) is 24.0. The fourth-order valence-corrected chi connectivity index (χ4v) is 7.16. The van der Waals surface area contributed by atoms with Gasteiger partial charge >= 0.3 is 0 Å². The molecule has 16 heteroatoms. The van der Waals surface area contributed by atoms with E-state index < -0.39 is 0 Å². The molecule has 0 spiro atoms. The van der Waals surface area contributed by atoms with Crippen LogP contribution in [0.2, 0.25) is 51.5 Å². The van der Waals surface area contributed by atoms with Crippen LogP contribution in [-0.2, 0) is 0 Å². The summed E-state index contributed by atoms with van der Waals surface area (Å²) in [5.41, 5.74) is 0. The van der Waals surface area contributed by atoms with Crippen molar-refractivity contribution in [3.63, 3.8) is 0 Å². The SMILES string of the molecule is Clc1nc(Cl)c2c(Cl)n/c(=c3/nc(Cl)c4c(Cl)nc(Cl)c5c(Cl)nc(Cl)c3c54)c3c(Cl)nc(Cl)c1c23. The van der Waals surface area contributed by atoms with Gasteiger partial charge in [0, 0.05) is 21.5 Å². The average molecular weight is 679 g/mol. The van der Waals surface area contributed by atoms with Crippen LogP contribution in [0.4, 0.5) is 0 Å². The van der Waals surface area contributed by atoms with Crippen LogP contribution in [0.25, 0.3) is 43.1 Å². The van der Waals surface area contributed by atoms with Crippen LogP contribution in [0.3, 0.4) is 0 Å². The minimum atomic E-state index is -0.0419. The van der Waals surface area contributed by atoms with Gasteiger partial charge in [0.2, 0.25) is 0 Å². The molecule has 36 heavy (non-hydrogen) atoms. The lowest BCUT2D eigenvalue weighted by atomic mass is 10.0. The van der Waals surface area contributed by atoms with Crippen LogP contribution < -0.4 is 0 Å². The molecule has 0 aliphatic rings. The smallest absolute Gasteiger partial charge is 0.141 e. The van der Waals surface area contributed by atoms with Gasteiger partial charge < -0.3 is 0 Å². The summed E-state index contributed by atoms with van der Waals surface area (Å²) in [5.74, 6) is 0. The van der Waals surface area contributed by atoms with E-state index >= 15 is 0 Å². The predicted octanol–water partition coefficient (Wildman–Crippen LogP) is 9.93. The molecule has 0 saturated carbocycles. The van der Waals surface area contributed by atoms with E-state index in [4.69, 9.17) is 116 Å². The van der Waals surface area contributed by atoms with Gasteiger partial charge in [0.05, 0.1) is 21.5 Å². The van der Waals surface area contributed by atoms with E-state index in [-0.39, 0.29) is 94.5 Å². The summed E-state index contributed by atoms with van der Waals surface area (Å²) in [6, 6.07) is 0. The van der Waals surface area contributed by atoms with Crippen molar-refractivity contribution in [2.45, 2.75) is 0 Å². The van der Waals surface area contributed by atoms with Crippen LogP contribution in [0.1, 0.15) is 0 Å². The molecule has 0 aliphatic heterocycles. The van der Waals surface area contributed by atoms with Crippen molar-refractivity contribution in [3.05, 3.63) is 62.2 Å². The first-order valence-corrected chi connectivity index (χ1v) is 13.1. The topological polar surface area (TPSA) is 77.3 Å². The van der Waals surface area contributed by atoms with E-state index in [1.807, 2.05) is 0 Å². The second-order valence-corrected chi connectivity index (χ2v) is 10.9. The van der Waals surface area contributed by atoms with Crippen molar-refractivity contribution in [1.82, 2.24) is 29.9 Å². The second kappa shape index (κ2) is 8.82. The molecule has 6 rings (SSSR count). The van der Waals surface area contributed by atoms with Gasteiger partial charge in [0.25, 0.3) is 0 Å². The Morgan fingerprint density at radius 1 is 0.222 bits per heavy atom. The second-order valence-electron chi connectivity index (χ2n) is 7.28. The fraction of sp³-hybridized carbons (Fsp3) is 0. The number of rotatable bonds is 0. The molecule has 6 nitrogen and oxygen atoms in total. The van der Waals surface area contributed by atoms with E-state index in [9.17, 15) is 0 Å². The quantitative estimate of drug-likeness (QED) is 0.149. The summed E-state index contributed by atoms with van der Waals surface area (Å²) in [5, 5.41) is 2.30. The minimum Gasteiger partial charge on any atom is -0.233 e. The standard InChI is InChI=1S/C20Cl10N6/c21-11-3-1-5(15(25)35-19(29)7(1)17(27)33-11)13(23)31-9(3)10-4-2-6(14(24)32-10)16(26)36-20(30)8(2)18(28)34-12(4)22/b10-9+. The highest BCUT2D eigenvalue weighted by atomic mass is 35.5. The summed E-state index contributed by atoms with van der Waals surface area (Å²) < 4.78 is 0. The number of halogens is 10. The molecular formula is C20Cl10N6. The maximum atomic E-state index is 6.58. The van der Waals surface area contributed by atoms with Gasteiger partial charge in [-0.1, -0.05) is 116 Å². The average Bonchev–Trinajstić information content (AvgIpc) is 2.76. The molecule has 0 N–H and O–H groups in total. The zero-order chi connectivity index (χ0) is 25.8. The fourth-order valence-electron chi connectivity index (χ4n) is 4.11. The van der Waals surface area contributed by atoms with Crippen LogP contribution in [0.15, 0.2) is 0 Å². The lowest BCUT2D eigenvalue weighted by Crippen LogP contribution is -1.99. The zero-order valence-electron chi connectivity index (χ0n) is 16.5. The Morgan fingerprint density at radius 3 is 0.667 bits per heavy atom. The third kappa shape index (κ3) is 3.47. The van der Waals surface area contributed by atoms with Crippen molar-refractivity contribution < 1.29 is 0 Å². The largest absolute Gasteiger partial charge is 0.233 e. The first-order valence-electron chi connectivity index (χ1n) is 9.32. The molecule has 0 unspecified atom stereocenters. The van der Waals surface area contributed by atoms with Crippen molar-refractivity contribution in [3.8, 4) is 0 Å². The monoisotopic (exact) mass is 674 g/mol. The molecular weight excluding hydrogens is 679 g/mol. The van der Waals surface area contributed by atoms with Gasteiger partial charge in [0.1, 0.15) is 62.2 Å². The molecule has 0 bridgehead atoms. The van der Waals surface area contributed by atoms with E-state index in [2.05, 4.69) is 29.9 Å². The van der Waals surface area contributed by atoms with Crippen molar-refractivity contribution in [1.29, 1.82) is 0 Å². The van der Waals surface area contributed by atoms with Gasteiger partial charge in [0.15, 0.2) is 0 Å². The normalized spacial score (nSPS) is 13.2. The molecule has 0 saturated heterocycles. The first-order chi connectivity index (χ1) is 17.0. The molecule has 0 fully saturated rings. The lowest BCUT2D eigenvalue weighted by molar-refractivity contribution is 1.19. The lowest BCUT2D eigenvalue weighted by Gasteiger charge is -2.14. The third-order valence-electron chi connectivity index (χ3n) is 5.47. The van der Waals surface area contributed by atoms with Crippen molar-refractivity contribution in [2.75, 3.05) is 0 Å². The Kier molecular flexibility index (Phi) is 6.22. The van der Waals surface area contributed by atoms with E-state index in [1.54, 1.807) is 0 Å².